The van der Waals surface area contributed by atoms with Crippen molar-refractivity contribution in [2.45, 2.75) is 62.8 Å². The Labute approximate surface area is 204 Å². The van der Waals surface area contributed by atoms with Gasteiger partial charge in [-0.2, -0.15) is 0 Å². The molecule has 0 unspecified atom stereocenters. The minimum Gasteiger partial charge on any atom is -0.486 e. The molecule has 1 fully saturated rings. The fraction of sp³-hybridized carbons (Fsp3) is 0.481. The van der Waals surface area contributed by atoms with Gasteiger partial charge in [-0.05, 0) is 37.0 Å². The summed E-state index contributed by atoms with van der Waals surface area (Å²) in [6, 6.07) is 8.51. The normalized spacial score (nSPS) is 25.4. The fourth-order valence-corrected chi connectivity index (χ4v) is 5.71. The Hall–Kier alpha value is -3.10. The molecule has 8 heteroatoms. The monoisotopic (exact) mass is 480 g/mol. The number of amides is 2. The van der Waals surface area contributed by atoms with Crippen LogP contribution >= 0.6 is 0 Å². The van der Waals surface area contributed by atoms with Crippen molar-refractivity contribution >= 4 is 11.8 Å². The quantitative estimate of drug-likeness (QED) is 0.535. The molecular formula is C27H32N2O6. The molecule has 3 aliphatic rings. The highest BCUT2D eigenvalue weighted by molar-refractivity contribution is 5.96. The van der Waals surface area contributed by atoms with Crippen LogP contribution < -0.4 is 10.1 Å². The first-order chi connectivity index (χ1) is 17.1. The van der Waals surface area contributed by atoms with Crippen molar-refractivity contribution in [1.82, 2.24) is 10.2 Å². The molecule has 4 atom stereocenters. The van der Waals surface area contributed by atoms with Gasteiger partial charge in [0.05, 0.1) is 31.1 Å². The maximum absolute atomic E-state index is 13.6. The van der Waals surface area contributed by atoms with Gasteiger partial charge in [0, 0.05) is 36.2 Å². The number of aliphatic hydroxyl groups excluding tert-OH is 2. The molecule has 1 aromatic heterocycles. The lowest BCUT2D eigenvalue weighted by molar-refractivity contribution is -0.139. The number of carbonyl (C=O) groups excluding carboxylic acids is 2. The lowest BCUT2D eigenvalue weighted by atomic mass is 9.77. The lowest BCUT2D eigenvalue weighted by Crippen LogP contribution is -2.55. The molecule has 0 saturated heterocycles. The summed E-state index contributed by atoms with van der Waals surface area (Å²) >= 11 is 0. The van der Waals surface area contributed by atoms with E-state index in [1.807, 2.05) is 24.3 Å². The van der Waals surface area contributed by atoms with E-state index in [-0.39, 0.29) is 31.5 Å². The van der Waals surface area contributed by atoms with Gasteiger partial charge in [0.25, 0.3) is 0 Å². The summed E-state index contributed by atoms with van der Waals surface area (Å²) in [7, 11) is 0. The van der Waals surface area contributed by atoms with Gasteiger partial charge in [0.1, 0.15) is 18.0 Å². The minimum absolute atomic E-state index is 0.0533. The molecule has 1 saturated carbocycles. The number of hydrogen-bond acceptors (Lipinski definition) is 6. The molecule has 2 amide bonds. The Kier molecular flexibility index (Phi) is 6.92. The summed E-state index contributed by atoms with van der Waals surface area (Å²) in [5.74, 6) is 0.116. The topological polar surface area (TPSA) is 112 Å². The van der Waals surface area contributed by atoms with Gasteiger partial charge in [-0.25, -0.2) is 0 Å². The SMILES string of the molecule is O=C(NCCO)C1=C[C@@H](N(Cc2ccoc2)C(=O)CC2CCCC2)[C@H](O)[C@H]2Oc3ccccc3[C@@H]12. The van der Waals surface area contributed by atoms with E-state index in [1.165, 1.54) is 0 Å². The Morgan fingerprint density at radius 3 is 2.69 bits per heavy atom. The smallest absolute Gasteiger partial charge is 0.247 e. The standard InChI is InChI=1S/C27H32N2O6/c30-11-10-28-27(33)20-14-21(25(32)26-24(20)19-7-3-4-8-22(19)35-26)29(15-18-9-12-34-16-18)23(31)13-17-5-1-2-6-17/h3-4,7-9,12,14,16-17,21,24-26,30,32H,1-2,5-6,10-11,13,15H2,(H,28,33)/t21-,24+,25+,26+/m1/s1. The van der Waals surface area contributed by atoms with Gasteiger partial charge in [-0.15, -0.1) is 0 Å². The molecule has 2 aliphatic carbocycles. The first-order valence-electron chi connectivity index (χ1n) is 12.4. The summed E-state index contributed by atoms with van der Waals surface area (Å²) in [4.78, 5) is 28.5. The van der Waals surface area contributed by atoms with Crippen molar-refractivity contribution in [2.24, 2.45) is 5.92 Å². The summed E-state index contributed by atoms with van der Waals surface area (Å²) in [5.41, 5.74) is 2.09. The summed E-state index contributed by atoms with van der Waals surface area (Å²) in [6.45, 7) is 0.192. The summed E-state index contributed by atoms with van der Waals surface area (Å²) in [6.07, 6.45) is 7.89. The number of fused-ring (bicyclic) bond motifs is 3. The molecule has 5 rings (SSSR count). The van der Waals surface area contributed by atoms with E-state index < -0.39 is 24.2 Å². The van der Waals surface area contributed by atoms with Crippen LogP contribution in [0.5, 0.6) is 5.75 Å². The average molecular weight is 481 g/mol. The molecule has 8 nitrogen and oxygen atoms in total. The van der Waals surface area contributed by atoms with Crippen LogP contribution in [0.3, 0.4) is 0 Å². The number of para-hydroxylation sites is 1. The maximum Gasteiger partial charge on any atom is 0.247 e. The maximum atomic E-state index is 13.6. The van der Waals surface area contributed by atoms with Gasteiger partial charge in [-0.3, -0.25) is 9.59 Å². The largest absolute Gasteiger partial charge is 0.486 e. The third-order valence-electron chi connectivity index (χ3n) is 7.43. The Bertz CT molecular complexity index is 1080. The number of nitrogens with one attached hydrogen (secondary N) is 1. The number of ether oxygens (including phenoxy) is 1. The number of furan rings is 1. The summed E-state index contributed by atoms with van der Waals surface area (Å²) < 4.78 is 11.4. The minimum atomic E-state index is -1.03. The molecule has 2 heterocycles. The van der Waals surface area contributed by atoms with Crippen molar-refractivity contribution < 1.29 is 29.0 Å². The van der Waals surface area contributed by atoms with Crippen LogP contribution in [0.25, 0.3) is 0 Å². The van der Waals surface area contributed by atoms with E-state index in [2.05, 4.69) is 5.32 Å². The van der Waals surface area contributed by atoms with Crippen LogP contribution in [0, 0.1) is 5.92 Å². The zero-order valence-corrected chi connectivity index (χ0v) is 19.6. The molecule has 0 bridgehead atoms. The second kappa shape index (κ2) is 10.3. The average Bonchev–Trinajstić information content (AvgIpc) is 3.63. The third-order valence-corrected chi connectivity index (χ3v) is 7.43. The van der Waals surface area contributed by atoms with Crippen LogP contribution in [-0.4, -0.2) is 58.3 Å². The van der Waals surface area contributed by atoms with E-state index >= 15 is 0 Å². The highest BCUT2D eigenvalue weighted by Gasteiger charge is 2.50. The van der Waals surface area contributed by atoms with Gasteiger partial charge < -0.3 is 29.6 Å². The van der Waals surface area contributed by atoms with E-state index in [0.717, 1.165) is 36.8 Å². The predicted octanol–water partition coefficient (Wildman–Crippen LogP) is 2.51. The molecule has 2 aromatic rings. The van der Waals surface area contributed by atoms with Crippen LogP contribution in [0.2, 0.25) is 0 Å². The number of benzene rings is 1. The molecule has 0 radical (unpaired) electrons. The highest BCUT2D eigenvalue weighted by atomic mass is 16.5. The van der Waals surface area contributed by atoms with Gasteiger partial charge in [-0.1, -0.05) is 31.0 Å². The van der Waals surface area contributed by atoms with Crippen molar-refractivity contribution in [3.05, 3.63) is 65.6 Å². The number of hydrogen-bond donors (Lipinski definition) is 3. The third kappa shape index (κ3) is 4.73. The molecule has 1 aliphatic heterocycles. The molecule has 0 spiro atoms. The number of carbonyl (C=O) groups is 2. The lowest BCUT2D eigenvalue weighted by Gasteiger charge is -2.41. The molecule has 1 aromatic carbocycles. The summed E-state index contributed by atoms with van der Waals surface area (Å²) in [5, 5.41) is 23.5. The zero-order chi connectivity index (χ0) is 24.4. The zero-order valence-electron chi connectivity index (χ0n) is 19.6. The Morgan fingerprint density at radius 1 is 1.14 bits per heavy atom. The molecule has 186 valence electrons. The van der Waals surface area contributed by atoms with E-state index in [0.29, 0.717) is 23.7 Å². The van der Waals surface area contributed by atoms with Gasteiger partial charge in [0.2, 0.25) is 11.8 Å². The Balaban J connectivity index is 1.51. The van der Waals surface area contributed by atoms with Crippen molar-refractivity contribution in [3.8, 4) is 5.75 Å². The molecule has 35 heavy (non-hydrogen) atoms. The van der Waals surface area contributed by atoms with Crippen molar-refractivity contribution in [1.29, 1.82) is 0 Å². The van der Waals surface area contributed by atoms with E-state index in [1.54, 1.807) is 29.6 Å². The van der Waals surface area contributed by atoms with Crippen LogP contribution in [0.15, 0.2) is 58.9 Å². The van der Waals surface area contributed by atoms with Gasteiger partial charge >= 0.3 is 0 Å². The van der Waals surface area contributed by atoms with E-state index in [4.69, 9.17) is 9.15 Å². The van der Waals surface area contributed by atoms with Crippen molar-refractivity contribution in [2.75, 3.05) is 13.2 Å². The number of aliphatic hydroxyl groups is 2. The first kappa shape index (κ1) is 23.6. The van der Waals surface area contributed by atoms with E-state index in [9.17, 15) is 19.8 Å². The highest BCUT2D eigenvalue weighted by Crippen LogP contribution is 2.47. The first-order valence-corrected chi connectivity index (χ1v) is 12.4. The second-order valence-electron chi connectivity index (χ2n) is 9.69. The Morgan fingerprint density at radius 2 is 1.94 bits per heavy atom. The van der Waals surface area contributed by atoms with Crippen LogP contribution in [0.1, 0.15) is 49.1 Å². The number of nitrogens with zero attached hydrogens (tertiary/aromatic N) is 1. The van der Waals surface area contributed by atoms with Crippen molar-refractivity contribution in [3.63, 3.8) is 0 Å². The second-order valence-corrected chi connectivity index (χ2v) is 9.69. The van der Waals surface area contributed by atoms with Gasteiger partial charge in [0.15, 0.2) is 0 Å². The van der Waals surface area contributed by atoms with Crippen LogP contribution in [-0.2, 0) is 16.1 Å². The molecule has 3 N–H and O–H groups in total. The number of rotatable bonds is 8. The predicted molar refractivity (Wildman–Crippen MR) is 127 cm³/mol. The van der Waals surface area contributed by atoms with Crippen LogP contribution in [0.4, 0.5) is 0 Å². The molecular weight excluding hydrogens is 448 g/mol. The fourth-order valence-electron chi connectivity index (χ4n) is 5.71.